The average molecular weight is 525 g/mol. The highest BCUT2D eigenvalue weighted by molar-refractivity contribution is 9.10. The minimum atomic E-state index is -0.151. The van der Waals surface area contributed by atoms with Crippen LogP contribution in [0.25, 0.3) is 0 Å². The van der Waals surface area contributed by atoms with Crippen molar-refractivity contribution in [3.05, 3.63) is 65.3 Å². The molecule has 0 radical (unpaired) electrons. The van der Waals surface area contributed by atoms with E-state index in [1.54, 1.807) is 0 Å². The summed E-state index contributed by atoms with van der Waals surface area (Å²) in [4.78, 5) is 27.2. The van der Waals surface area contributed by atoms with Gasteiger partial charge in [0.05, 0.1) is 11.3 Å². The second-order valence-electron chi connectivity index (χ2n) is 9.35. The van der Waals surface area contributed by atoms with Gasteiger partial charge in [-0.25, -0.2) is 4.98 Å². The lowest BCUT2D eigenvalue weighted by molar-refractivity contribution is 0.102. The zero-order valence-corrected chi connectivity index (χ0v) is 21.6. The molecule has 0 bridgehead atoms. The van der Waals surface area contributed by atoms with Crippen molar-refractivity contribution in [1.29, 1.82) is 0 Å². The molecule has 1 aromatic heterocycles. The number of halogens is 1. The predicted molar refractivity (Wildman–Crippen MR) is 144 cm³/mol. The Morgan fingerprint density at radius 1 is 1.15 bits per heavy atom. The summed E-state index contributed by atoms with van der Waals surface area (Å²) in [6.07, 6.45) is 9.52. The highest BCUT2D eigenvalue weighted by atomic mass is 79.9. The number of aromatic nitrogens is 2. The van der Waals surface area contributed by atoms with Crippen LogP contribution in [0.5, 0.6) is 0 Å². The number of nitrogens with one attached hydrogen (secondary N) is 1. The molecule has 6 nitrogen and oxygen atoms in total. The topological polar surface area (TPSA) is 61.4 Å². The summed E-state index contributed by atoms with van der Waals surface area (Å²) >= 11 is 3.58. The van der Waals surface area contributed by atoms with Gasteiger partial charge < -0.3 is 15.1 Å². The number of piperidine rings is 2. The van der Waals surface area contributed by atoms with Gasteiger partial charge in [0.1, 0.15) is 5.82 Å². The van der Waals surface area contributed by atoms with Crippen molar-refractivity contribution in [3.63, 3.8) is 0 Å². The van der Waals surface area contributed by atoms with E-state index in [1.165, 1.54) is 0 Å². The van der Waals surface area contributed by atoms with Gasteiger partial charge in [0.15, 0.2) is 0 Å². The fourth-order valence-electron chi connectivity index (χ4n) is 4.93. The quantitative estimate of drug-likeness (QED) is 0.451. The molecular formula is C27H34BrN5O. The number of carbonyl (C=O) groups excluding carboxylic acids is 1. The fourth-order valence-corrected chi connectivity index (χ4v) is 5.28. The van der Waals surface area contributed by atoms with Crippen LogP contribution in [0.1, 0.15) is 48.2 Å². The van der Waals surface area contributed by atoms with Crippen LogP contribution >= 0.6 is 15.9 Å². The molecule has 3 heterocycles. The van der Waals surface area contributed by atoms with Crippen molar-refractivity contribution < 1.29 is 4.79 Å². The third kappa shape index (κ3) is 5.87. The van der Waals surface area contributed by atoms with E-state index in [4.69, 9.17) is 4.98 Å². The lowest BCUT2D eigenvalue weighted by Gasteiger charge is -2.34. The molecule has 0 aliphatic carbocycles. The van der Waals surface area contributed by atoms with Gasteiger partial charge in [-0.1, -0.05) is 28.1 Å². The van der Waals surface area contributed by atoms with Gasteiger partial charge in [-0.05, 0) is 69.1 Å². The maximum Gasteiger partial charge on any atom is 0.258 e. The van der Waals surface area contributed by atoms with Crippen LogP contribution in [-0.4, -0.2) is 42.1 Å². The van der Waals surface area contributed by atoms with Crippen molar-refractivity contribution in [3.8, 4) is 0 Å². The van der Waals surface area contributed by atoms with Gasteiger partial charge in [-0.3, -0.25) is 4.79 Å². The van der Waals surface area contributed by atoms with Crippen LogP contribution in [0.4, 0.5) is 17.5 Å². The van der Waals surface area contributed by atoms with Gasteiger partial charge in [0.2, 0.25) is 5.95 Å². The Bertz CT molecular complexity index is 1050. The normalized spacial score (nSPS) is 19.1. The van der Waals surface area contributed by atoms with Crippen LogP contribution in [0, 0.1) is 18.8 Å². The van der Waals surface area contributed by atoms with E-state index in [0.29, 0.717) is 29.2 Å². The van der Waals surface area contributed by atoms with Crippen LogP contribution < -0.4 is 15.1 Å². The number of hydrogen-bond donors (Lipinski definition) is 1. The summed E-state index contributed by atoms with van der Waals surface area (Å²) in [5.74, 6) is 2.17. The lowest BCUT2D eigenvalue weighted by Crippen LogP contribution is -2.36. The van der Waals surface area contributed by atoms with E-state index in [1.807, 2.05) is 43.3 Å². The molecule has 2 fully saturated rings. The maximum atomic E-state index is 13.4. The zero-order valence-electron chi connectivity index (χ0n) is 20.0. The average Bonchev–Trinajstić information content (AvgIpc) is 2.84. The first-order valence-corrected chi connectivity index (χ1v) is 13.0. The first-order chi connectivity index (χ1) is 16.5. The number of carbonyl (C=O) groups is 1. The number of hydrogen-bond acceptors (Lipinski definition) is 5. The molecule has 1 aromatic carbocycles. The van der Waals surface area contributed by atoms with E-state index in [9.17, 15) is 4.79 Å². The Hall–Kier alpha value is -2.67. The van der Waals surface area contributed by atoms with Gasteiger partial charge in [-0.2, -0.15) is 4.98 Å². The van der Waals surface area contributed by atoms with E-state index >= 15 is 0 Å². The maximum absolute atomic E-state index is 13.4. The van der Waals surface area contributed by atoms with Crippen LogP contribution in [-0.2, 0) is 0 Å². The highest BCUT2D eigenvalue weighted by Gasteiger charge is 2.24. The Balaban J connectivity index is 1.52. The molecular weight excluding hydrogens is 490 g/mol. The Morgan fingerprint density at radius 3 is 2.68 bits per heavy atom. The molecule has 2 aliphatic rings. The molecule has 4 rings (SSSR count). The minimum Gasteiger partial charge on any atom is -0.371 e. The standard InChI is InChI=1S/C27H34BrN5O/c1-4-7-21-11-14-32(15-12-21)24-17-22(28)9-10-23(24)26(34)30-25-16-19(3)29-27(31-25)33-13-6-8-20(5-2)18-33/h4-5,9-10,16-17,20-21H,1-2,6-8,11-15,18H2,3H3,(H,29,30,31,34). The molecule has 2 saturated heterocycles. The monoisotopic (exact) mass is 523 g/mol. The molecule has 180 valence electrons. The zero-order chi connectivity index (χ0) is 24.1. The summed E-state index contributed by atoms with van der Waals surface area (Å²) in [5, 5.41) is 3.04. The van der Waals surface area contributed by atoms with Crippen LogP contribution in [0.2, 0.25) is 0 Å². The third-order valence-corrected chi connectivity index (χ3v) is 7.31. The van der Waals surface area contributed by atoms with Crippen molar-refractivity contribution in [1.82, 2.24) is 9.97 Å². The summed E-state index contributed by atoms with van der Waals surface area (Å²) < 4.78 is 0.967. The molecule has 2 aromatic rings. The summed E-state index contributed by atoms with van der Waals surface area (Å²) in [6, 6.07) is 7.68. The predicted octanol–water partition coefficient (Wildman–Crippen LogP) is 5.99. The molecule has 1 amide bonds. The summed E-state index contributed by atoms with van der Waals surface area (Å²) in [5.41, 5.74) is 2.45. The van der Waals surface area contributed by atoms with Gasteiger partial charge in [-0.15, -0.1) is 13.2 Å². The van der Waals surface area contributed by atoms with Crippen molar-refractivity contribution in [2.24, 2.45) is 11.8 Å². The molecule has 34 heavy (non-hydrogen) atoms. The first-order valence-electron chi connectivity index (χ1n) is 12.2. The number of amides is 1. The van der Waals surface area contributed by atoms with Crippen molar-refractivity contribution >= 4 is 39.3 Å². The second kappa shape index (κ2) is 11.2. The molecule has 7 heteroatoms. The minimum absolute atomic E-state index is 0.151. The number of aryl methyl sites for hydroxylation is 1. The molecule has 1 unspecified atom stereocenters. The number of benzene rings is 1. The highest BCUT2D eigenvalue weighted by Crippen LogP contribution is 2.31. The molecule has 2 aliphatic heterocycles. The summed E-state index contributed by atoms with van der Waals surface area (Å²) in [7, 11) is 0. The largest absolute Gasteiger partial charge is 0.371 e. The Kier molecular flexibility index (Phi) is 8.03. The number of anilines is 3. The molecule has 1 N–H and O–H groups in total. The Morgan fingerprint density at radius 2 is 1.94 bits per heavy atom. The molecule has 1 atom stereocenters. The van der Waals surface area contributed by atoms with Crippen molar-refractivity contribution in [2.45, 2.75) is 39.0 Å². The number of rotatable bonds is 7. The van der Waals surface area contributed by atoms with Gasteiger partial charge >= 0.3 is 0 Å². The lowest BCUT2D eigenvalue weighted by atomic mass is 9.93. The first kappa shape index (κ1) is 24.5. The van der Waals surface area contributed by atoms with Crippen LogP contribution in [0.3, 0.4) is 0 Å². The van der Waals surface area contributed by atoms with E-state index < -0.39 is 0 Å². The van der Waals surface area contributed by atoms with Crippen LogP contribution in [0.15, 0.2) is 54.0 Å². The SMILES string of the molecule is C=CCC1CCN(c2cc(Br)ccc2C(=O)Nc2cc(C)nc(N3CCCC(C=C)C3)n2)CC1. The Labute approximate surface area is 211 Å². The van der Waals surface area contributed by atoms with Crippen molar-refractivity contribution in [2.75, 3.05) is 41.3 Å². The fraction of sp³-hybridized carbons (Fsp3) is 0.444. The smallest absolute Gasteiger partial charge is 0.258 e. The van der Waals surface area contributed by atoms with E-state index in [0.717, 1.165) is 74.1 Å². The van der Waals surface area contributed by atoms with Gasteiger partial charge in [0, 0.05) is 42.4 Å². The second-order valence-corrected chi connectivity index (χ2v) is 10.3. The third-order valence-electron chi connectivity index (χ3n) is 6.82. The molecule has 0 saturated carbocycles. The molecule has 0 spiro atoms. The van der Waals surface area contributed by atoms with Gasteiger partial charge in [0.25, 0.3) is 5.91 Å². The summed E-state index contributed by atoms with van der Waals surface area (Å²) in [6.45, 7) is 13.4. The van der Waals surface area contributed by atoms with E-state index in [-0.39, 0.29) is 5.91 Å². The number of allylic oxidation sites excluding steroid dienone is 1. The number of nitrogens with zero attached hydrogens (tertiary/aromatic N) is 4. The van der Waals surface area contributed by atoms with E-state index in [2.05, 4.69) is 49.2 Å².